The van der Waals surface area contributed by atoms with Gasteiger partial charge in [0.2, 0.25) is 0 Å². The van der Waals surface area contributed by atoms with Gasteiger partial charge in [0.15, 0.2) is 0 Å². The standard InChI is InChI=1S/C18H32O/c1-3-15-10-12-17(13-11-15)18(4-2,14-19)16-8-6-5-7-9-16/h14-17H,3-13H2,1-2H3. The lowest BCUT2D eigenvalue weighted by molar-refractivity contribution is -0.126. The second kappa shape index (κ2) is 6.90. The van der Waals surface area contributed by atoms with E-state index in [1.54, 1.807) is 0 Å². The van der Waals surface area contributed by atoms with Gasteiger partial charge in [-0.05, 0) is 49.9 Å². The number of carbonyl (C=O) groups is 1. The quantitative estimate of drug-likeness (QED) is 0.609. The first-order valence-corrected chi connectivity index (χ1v) is 8.73. The Balaban J connectivity index is 2.07. The second-order valence-corrected chi connectivity index (χ2v) is 7.04. The molecule has 0 aliphatic heterocycles. The minimum Gasteiger partial charge on any atom is -0.303 e. The molecule has 2 saturated carbocycles. The van der Waals surface area contributed by atoms with E-state index in [4.69, 9.17) is 0 Å². The third-order valence-electron chi connectivity index (χ3n) is 6.38. The maximum absolute atomic E-state index is 12.0. The summed E-state index contributed by atoms with van der Waals surface area (Å²) in [6.45, 7) is 4.58. The van der Waals surface area contributed by atoms with Crippen molar-refractivity contribution in [1.29, 1.82) is 0 Å². The molecule has 0 saturated heterocycles. The average molecular weight is 264 g/mol. The minimum atomic E-state index is 0.0269. The Morgan fingerprint density at radius 3 is 1.95 bits per heavy atom. The van der Waals surface area contributed by atoms with Crippen LogP contribution in [0.3, 0.4) is 0 Å². The van der Waals surface area contributed by atoms with E-state index in [1.165, 1.54) is 70.5 Å². The molecular formula is C18H32O. The van der Waals surface area contributed by atoms with Crippen LogP contribution in [0, 0.1) is 23.2 Å². The fraction of sp³-hybridized carbons (Fsp3) is 0.944. The van der Waals surface area contributed by atoms with Gasteiger partial charge >= 0.3 is 0 Å². The molecule has 0 heterocycles. The van der Waals surface area contributed by atoms with Gasteiger partial charge in [0.05, 0.1) is 0 Å². The van der Waals surface area contributed by atoms with Crippen molar-refractivity contribution < 1.29 is 4.79 Å². The Hall–Kier alpha value is -0.330. The Kier molecular flexibility index (Phi) is 5.47. The van der Waals surface area contributed by atoms with Crippen LogP contribution < -0.4 is 0 Å². The molecule has 1 unspecified atom stereocenters. The summed E-state index contributed by atoms with van der Waals surface area (Å²) < 4.78 is 0. The summed E-state index contributed by atoms with van der Waals surface area (Å²) >= 11 is 0. The highest BCUT2D eigenvalue weighted by atomic mass is 16.1. The summed E-state index contributed by atoms with van der Waals surface area (Å²) in [5.41, 5.74) is 0.0269. The van der Waals surface area contributed by atoms with E-state index in [-0.39, 0.29) is 5.41 Å². The van der Waals surface area contributed by atoms with Crippen molar-refractivity contribution in [2.75, 3.05) is 0 Å². The largest absolute Gasteiger partial charge is 0.303 e. The average Bonchev–Trinajstić information content (AvgIpc) is 2.51. The highest BCUT2D eigenvalue weighted by Gasteiger charge is 2.44. The number of carbonyl (C=O) groups excluding carboxylic acids is 1. The van der Waals surface area contributed by atoms with Crippen molar-refractivity contribution in [3.05, 3.63) is 0 Å². The molecule has 0 aromatic carbocycles. The van der Waals surface area contributed by atoms with Crippen LogP contribution in [0.1, 0.15) is 84.5 Å². The molecule has 0 aromatic heterocycles. The maximum atomic E-state index is 12.0. The molecule has 2 aliphatic rings. The van der Waals surface area contributed by atoms with Gasteiger partial charge < -0.3 is 4.79 Å². The zero-order valence-electron chi connectivity index (χ0n) is 13.0. The summed E-state index contributed by atoms with van der Waals surface area (Å²) in [5, 5.41) is 0. The van der Waals surface area contributed by atoms with Crippen LogP contribution in [0.5, 0.6) is 0 Å². The van der Waals surface area contributed by atoms with Crippen LogP contribution in [0.25, 0.3) is 0 Å². The Morgan fingerprint density at radius 1 is 0.895 bits per heavy atom. The van der Waals surface area contributed by atoms with Gasteiger partial charge in [-0.3, -0.25) is 0 Å². The highest BCUT2D eigenvalue weighted by molar-refractivity contribution is 5.60. The van der Waals surface area contributed by atoms with Gasteiger partial charge in [0.25, 0.3) is 0 Å². The predicted octanol–water partition coefficient (Wildman–Crippen LogP) is 5.38. The fourth-order valence-corrected chi connectivity index (χ4v) is 4.93. The molecule has 0 radical (unpaired) electrons. The summed E-state index contributed by atoms with van der Waals surface area (Å²) in [4.78, 5) is 12.0. The van der Waals surface area contributed by atoms with Gasteiger partial charge in [-0.2, -0.15) is 0 Å². The van der Waals surface area contributed by atoms with Crippen molar-refractivity contribution >= 4 is 6.29 Å². The zero-order valence-corrected chi connectivity index (χ0v) is 13.0. The van der Waals surface area contributed by atoms with Gasteiger partial charge in [0, 0.05) is 5.41 Å². The van der Waals surface area contributed by atoms with E-state index in [1.807, 2.05) is 0 Å². The second-order valence-electron chi connectivity index (χ2n) is 7.04. The van der Waals surface area contributed by atoms with E-state index < -0.39 is 0 Å². The Morgan fingerprint density at radius 2 is 1.47 bits per heavy atom. The lowest BCUT2D eigenvalue weighted by Gasteiger charge is -2.46. The first-order chi connectivity index (χ1) is 9.26. The van der Waals surface area contributed by atoms with Crippen LogP contribution in [-0.2, 0) is 4.79 Å². The summed E-state index contributed by atoms with van der Waals surface area (Å²) in [6.07, 6.45) is 15.8. The van der Waals surface area contributed by atoms with Crippen molar-refractivity contribution in [3.8, 4) is 0 Å². The lowest BCUT2D eigenvalue weighted by atomic mass is 9.57. The first kappa shape index (κ1) is 15.1. The fourth-order valence-electron chi connectivity index (χ4n) is 4.93. The molecule has 110 valence electrons. The van der Waals surface area contributed by atoms with Gasteiger partial charge in [0.1, 0.15) is 6.29 Å². The molecule has 1 atom stereocenters. The molecular weight excluding hydrogens is 232 g/mol. The molecule has 2 aliphatic carbocycles. The minimum absolute atomic E-state index is 0.0269. The van der Waals surface area contributed by atoms with E-state index in [2.05, 4.69) is 13.8 Å². The number of rotatable bonds is 5. The summed E-state index contributed by atoms with van der Waals surface area (Å²) in [5.74, 6) is 2.30. The number of aldehydes is 1. The molecule has 0 amide bonds. The molecule has 1 heteroatoms. The van der Waals surface area contributed by atoms with E-state index in [9.17, 15) is 4.79 Å². The van der Waals surface area contributed by atoms with Crippen molar-refractivity contribution in [1.82, 2.24) is 0 Å². The number of hydrogen-bond donors (Lipinski definition) is 0. The molecule has 0 bridgehead atoms. The van der Waals surface area contributed by atoms with E-state index in [0.29, 0.717) is 11.8 Å². The van der Waals surface area contributed by atoms with Crippen molar-refractivity contribution in [2.24, 2.45) is 23.2 Å². The van der Waals surface area contributed by atoms with Gasteiger partial charge in [-0.15, -0.1) is 0 Å². The third kappa shape index (κ3) is 3.06. The molecule has 0 spiro atoms. The highest BCUT2D eigenvalue weighted by Crippen LogP contribution is 2.50. The topological polar surface area (TPSA) is 17.1 Å². The molecule has 1 nitrogen and oxygen atoms in total. The lowest BCUT2D eigenvalue weighted by Crippen LogP contribution is -2.42. The zero-order chi connectivity index (χ0) is 13.7. The van der Waals surface area contributed by atoms with Crippen molar-refractivity contribution in [2.45, 2.75) is 84.5 Å². The SMILES string of the molecule is CCC1CCC(C(C=O)(CC)C2CCCCC2)CC1. The maximum Gasteiger partial charge on any atom is 0.126 e. The predicted molar refractivity (Wildman–Crippen MR) is 81.1 cm³/mol. The van der Waals surface area contributed by atoms with E-state index >= 15 is 0 Å². The van der Waals surface area contributed by atoms with Crippen molar-refractivity contribution in [3.63, 3.8) is 0 Å². The third-order valence-corrected chi connectivity index (χ3v) is 6.38. The van der Waals surface area contributed by atoms with Crippen LogP contribution in [0.4, 0.5) is 0 Å². The van der Waals surface area contributed by atoms with Crippen LogP contribution in [-0.4, -0.2) is 6.29 Å². The smallest absolute Gasteiger partial charge is 0.126 e. The monoisotopic (exact) mass is 264 g/mol. The van der Waals surface area contributed by atoms with Crippen LogP contribution >= 0.6 is 0 Å². The van der Waals surface area contributed by atoms with Gasteiger partial charge in [-0.1, -0.05) is 52.4 Å². The summed E-state index contributed by atoms with van der Waals surface area (Å²) in [6, 6.07) is 0. The molecule has 19 heavy (non-hydrogen) atoms. The van der Waals surface area contributed by atoms with Crippen LogP contribution in [0.2, 0.25) is 0 Å². The normalized spacial score (nSPS) is 32.7. The Labute approximate surface area is 119 Å². The molecule has 0 N–H and O–H groups in total. The molecule has 2 fully saturated rings. The van der Waals surface area contributed by atoms with Gasteiger partial charge in [-0.25, -0.2) is 0 Å². The van der Waals surface area contributed by atoms with Crippen LogP contribution in [0.15, 0.2) is 0 Å². The first-order valence-electron chi connectivity index (χ1n) is 8.73. The van der Waals surface area contributed by atoms with E-state index in [0.717, 1.165) is 12.3 Å². The Bertz CT molecular complexity index is 271. The molecule has 2 rings (SSSR count). The number of hydrogen-bond acceptors (Lipinski definition) is 1. The molecule has 0 aromatic rings. The summed E-state index contributed by atoms with van der Waals surface area (Å²) in [7, 11) is 0.